The van der Waals surface area contributed by atoms with Gasteiger partial charge in [0.1, 0.15) is 0 Å². The standard InChI is InChI=1S/C18H15N5S.BrH/c1-12-13(2)24-18(19-12)23-21-17(20-22-23)16-11-7-6-10-15(16)14-8-4-3-5-9-14;/h3-11H,1-2H3;1H. The van der Waals surface area contributed by atoms with Crippen molar-refractivity contribution in [1.29, 1.82) is 0 Å². The molecule has 7 heteroatoms. The molecular weight excluding hydrogens is 398 g/mol. The highest BCUT2D eigenvalue weighted by Crippen LogP contribution is 2.29. The summed E-state index contributed by atoms with van der Waals surface area (Å²) in [6.07, 6.45) is 0. The van der Waals surface area contributed by atoms with Gasteiger partial charge in [0.15, 0.2) is 0 Å². The number of thiazole rings is 1. The average molecular weight is 414 g/mol. The van der Waals surface area contributed by atoms with Crippen LogP contribution < -0.4 is 0 Å². The second-order valence-electron chi connectivity index (χ2n) is 5.45. The summed E-state index contributed by atoms with van der Waals surface area (Å²) < 4.78 is 0. The van der Waals surface area contributed by atoms with Gasteiger partial charge < -0.3 is 0 Å². The molecule has 2 aromatic heterocycles. The van der Waals surface area contributed by atoms with Crippen molar-refractivity contribution in [3.63, 3.8) is 0 Å². The molecule has 4 aromatic rings. The zero-order valence-corrected chi connectivity index (χ0v) is 16.3. The van der Waals surface area contributed by atoms with Crippen LogP contribution in [0, 0.1) is 13.8 Å². The summed E-state index contributed by atoms with van der Waals surface area (Å²) in [6, 6.07) is 18.3. The van der Waals surface area contributed by atoms with Crippen molar-refractivity contribution in [2.45, 2.75) is 13.8 Å². The summed E-state index contributed by atoms with van der Waals surface area (Å²) in [5.41, 5.74) is 4.17. The third-order valence-electron chi connectivity index (χ3n) is 3.85. The van der Waals surface area contributed by atoms with Gasteiger partial charge in [0, 0.05) is 10.4 Å². The van der Waals surface area contributed by atoms with E-state index in [1.165, 1.54) is 4.80 Å². The summed E-state index contributed by atoms with van der Waals surface area (Å²) in [7, 11) is 0. The fourth-order valence-corrected chi connectivity index (χ4v) is 3.30. The Kier molecular flexibility index (Phi) is 5.06. The zero-order chi connectivity index (χ0) is 16.5. The maximum Gasteiger partial charge on any atom is 0.232 e. The Morgan fingerprint density at radius 1 is 0.880 bits per heavy atom. The molecule has 0 atom stereocenters. The Morgan fingerprint density at radius 3 is 2.24 bits per heavy atom. The maximum absolute atomic E-state index is 4.53. The molecule has 0 aliphatic rings. The van der Waals surface area contributed by atoms with E-state index >= 15 is 0 Å². The highest BCUT2D eigenvalue weighted by Gasteiger charge is 2.14. The number of aromatic nitrogens is 5. The van der Waals surface area contributed by atoms with Crippen molar-refractivity contribution >= 4 is 28.3 Å². The lowest BCUT2D eigenvalue weighted by atomic mass is 9.99. The maximum atomic E-state index is 4.53. The molecule has 0 fully saturated rings. The number of nitrogens with zero attached hydrogens (tertiary/aromatic N) is 5. The molecule has 0 amide bonds. The smallest absolute Gasteiger partial charge is 0.222 e. The van der Waals surface area contributed by atoms with Crippen LogP contribution in [0.3, 0.4) is 0 Å². The normalized spacial score (nSPS) is 10.5. The van der Waals surface area contributed by atoms with Crippen LogP contribution in [0.25, 0.3) is 27.6 Å². The minimum absolute atomic E-state index is 0. The highest BCUT2D eigenvalue weighted by molar-refractivity contribution is 8.93. The van der Waals surface area contributed by atoms with Crippen LogP contribution in [0.2, 0.25) is 0 Å². The third-order valence-corrected chi connectivity index (χ3v) is 4.89. The van der Waals surface area contributed by atoms with Gasteiger partial charge in [-0.3, -0.25) is 0 Å². The van der Waals surface area contributed by atoms with Gasteiger partial charge in [0.25, 0.3) is 0 Å². The lowest BCUT2D eigenvalue weighted by Gasteiger charge is -2.05. The molecule has 0 aliphatic carbocycles. The summed E-state index contributed by atoms with van der Waals surface area (Å²) in [6.45, 7) is 4.02. The molecule has 0 radical (unpaired) electrons. The number of hydrogen-bond donors (Lipinski definition) is 0. The van der Waals surface area contributed by atoms with E-state index < -0.39 is 0 Å². The van der Waals surface area contributed by atoms with E-state index in [-0.39, 0.29) is 17.0 Å². The minimum Gasteiger partial charge on any atom is -0.222 e. The molecule has 0 N–H and O–H groups in total. The second kappa shape index (κ2) is 7.25. The molecule has 25 heavy (non-hydrogen) atoms. The first-order chi connectivity index (χ1) is 11.7. The topological polar surface area (TPSA) is 56.5 Å². The van der Waals surface area contributed by atoms with Crippen molar-refractivity contribution in [3.8, 4) is 27.6 Å². The zero-order valence-electron chi connectivity index (χ0n) is 13.7. The predicted molar refractivity (Wildman–Crippen MR) is 105 cm³/mol. The first kappa shape index (κ1) is 17.4. The summed E-state index contributed by atoms with van der Waals surface area (Å²) >= 11 is 1.56. The molecule has 0 saturated heterocycles. The Labute approximate surface area is 160 Å². The van der Waals surface area contributed by atoms with Crippen LogP contribution >= 0.6 is 28.3 Å². The number of benzene rings is 2. The number of halogens is 1. The summed E-state index contributed by atoms with van der Waals surface area (Å²) in [4.78, 5) is 7.15. The Balaban J connectivity index is 0.00000182. The van der Waals surface area contributed by atoms with E-state index in [4.69, 9.17) is 0 Å². The van der Waals surface area contributed by atoms with Crippen LogP contribution in [0.15, 0.2) is 54.6 Å². The lowest BCUT2D eigenvalue weighted by molar-refractivity contribution is 0.713. The SMILES string of the molecule is Br.Cc1nc(-n2nnc(-c3ccccc3-c3ccccc3)n2)sc1C. The van der Waals surface area contributed by atoms with Gasteiger partial charge in [0.05, 0.1) is 5.69 Å². The number of tetrazole rings is 1. The molecule has 0 aliphatic heterocycles. The van der Waals surface area contributed by atoms with E-state index in [9.17, 15) is 0 Å². The lowest BCUT2D eigenvalue weighted by Crippen LogP contribution is -1.98. The van der Waals surface area contributed by atoms with Gasteiger partial charge in [-0.15, -0.1) is 32.0 Å². The van der Waals surface area contributed by atoms with Gasteiger partial charge in [0.2, 0.25) is 11.0 Å². The van der Waals surface area contributed by atoms with Gasteiger partial charge in [-0.2, -0.15) is 0 Å². The van der Waals surface area contributed by atoms with Gasteiger partial charge >= 0.3 is 0 Å². The first-order valence-electron chi connectivity index (χ1n) is 7.61. The van der Waals surface area contributed by atoms with E-state index in [2.05, 4.69) is 38.6 Å². The Hall–Kier alpha value is -2.38. The summed E-state index contributed by atoms with van der Waals surface area (Å²) in [5.74, 6) is 0.597. The van der Waals surface area contributed by atoms with E-state index in [0.29, 0.717) is 5.82 Å². The van der Waals surface area contributed by atoms with E-state index in [1.807, 2.05) is 50.2 Å². The largest absolute Gasteiger partial charge is 0.232 e. The average Bonchev–Trinajstić information content (AvgIpc) is 3.23. The quantitative estimate of drug-likeness (QED) is 0.490. The molecule has 4 rings (SSSR count). The molecule has 0 unspecified atom stereocenters. The van der Waals surface area contributed by atoms with Crippen LogP contribution in [-0.4, -0.2) is 25.2 Å². The van der Waals surface area contributed by atoms with Gasteiger partial charge in [-0.25, -0.2) is 4.98 Å². The Bertz CT molecular complexity index is 974. The second-order valence-corrected chi connectivity index (χ2v) is 6.63. The molecule has 2 aromatic carbocycles. The molecule has 0 bridgehead atoms. The van der Waals surface area contributed by atoms with Crippen molar-refractivity contribution in [3.05, 3.63) is 65.2 Å². The minimum atomic E-state index is 0. The van der Waals surface area contributed by atoms with Crippen LogP contribution in [0.5, 0.6) is 0 Å². The molecule has 2 heterocycles. The van der Waals surface area contributed by atoms with E-state index in [1.54, 1.807) is 11.3 Å². The van der Waals surface area contributed by atoms with Crippen LogP contribution in [-0.2, 0) is 0 Å². The molecule has 0 saturated carbocycles. The molecule has 5 nitrogen and oxygen atoms in total. The van der Waals surface area contributed by atoms with E-state index in [0.717, 1.165) is 32.4 Å². The first-order valence-corrected chi connectivity index (χ1v) is 8.43. The molecule has 126 valence electrons. The van der Waals surface area contributed by atoms with Crippen molar-refractivity contribution in [1.82, 2.24) is 25.2 Å². The van der Waals surface area contributed by atoms with Crippen molar-refractivity contribution in [2.75, 3.05) is 0 Å². The highest BCUT2D eigenvalue weighted by atomic mass is 79.9. The van der Waals surface area contributed by atoms with Crippen molar-refractivity contribution in [2.24, 2.45) is 0 Å². The number of hydrogen-bond acceptors (Lipinski definition) is 5. The van der Waals surface area contributed by atoms with Crippen LogP contribution in [0.1, 0.15) is 10.6 Å². The van der Waals surface area contributed by atoms with Crippen LogP contribution in [0.4, 0.5) is 0 Å². The number of rotatable bonds is 3. The fourth-order valence-electron chi connectivity index (χ4n) is 2.49. The predicted octanol–water partition coefficient (Wildman–Crippen LogP) is 4.65. The van der Waals surface area contributed by atoms with Gasteiger partial charge in [-0.1, -0.05) is 65.9 Å². The van der Waals surface area contributed by atoms with Crippen molar-refractivity contribution < 1.29 is 0 Å². The fraction of sp³-hybridized carbons (Fsp3) is 0.111. The Morgan fingerprint density at radius 2 is 1.56 bits per heavy atom. The van der Waals surface area contributed by atoms with Gasteiger partial charge in [-0.05, 0) is 30.2 Å². The summed E-state index contributed by atoms with van der Waals surface area (Å²) in [5, 5.41) is 13.7. The monoisotopic (exact) mass is 413 g/mol. The third kappa shape index (κ3) is 3.38. The molecule has 0 spiro atoms. The number of aryl methyl sites for hydroxylation is 2. The molecular formula is C18H16BrN5S.